The quantitative estimate of drug-likeness (QED) is 0.300. The Balaban J connectivity index is 2.43. The van der Waals surface area contributed by atoms with E-state index < -0.39 is 27.2 Å². The summed E-state index contributed by atoms with van der Waals surface area (Å²) in [4.78, 5) is 9.74. The van der Waals surface area contributed by atoms with E-state index in [1.165, 1.54) is 0 Å². The van der Waals surface area contributed by atoms with Gasteiger partial charge in [-0.1, -0.05) is 0 Å². The molecule has 2 atom stereocenters. The number of nitrogens with two attached hydrogens (primary N) is 1. The van der Waals surface area contributed by atoms with Gasteiger partial charge in [0.1, 0.15) is 4.90 Å². The molecule has 2 rings (SSSR count). The molecule has 2 unspecified atom stereocenters. The topological polar surface area (TPSA) is 159 Å². The first kappa shape index (κ1) is 15.6. The molecule has 116 valence electrons. The fraction of sp³-hybridized carbons (Fsp3) is 0.400. The number of nitrogen functional groups attached to an aromatic ring is 1. The molecule has 0 saturated carbocycles. The van der Waals surface area contributed by atoms with Crippen molar-refractivity contribution >= 4 is 21.4 Å². The zero-order valence-electron chi connectivity index (χ0n) is 10.7. The number of nitro benzene ring substituents is 1. The number of aliphatic hydroxyl groups is 2. The van der Waals surface area contributed by atoms with E-state index >= 15 is 0 Å². The molecule has 0 radical (unpaired) electrons. The van der Waals surface area contributed by atoms with Gasteiger partial charge >= 0.3 is 0 Å². The van der Waals surface area contributed by atoms with Crippen molar-refractivity contribution in [2.75, 3.05) is 18.5 Å². The molecular weight excluding hydrogens is 304 g/mol. The van der Waals surface area contributed by atoms with Gasteiger partial charge < -0.3 is 15.6 Å². The number of nitrogens with zero attached hydrogens (tertiary/aromatic N) is 2. The maximum absolute atomic E-state index is 12.4. The highest BCUT2D eigenvalue weighted by molar-refractivity contribution is 7.89. The highest BCUT2D eigenvalue weighted by atomic mass is 32.2. The third kappa shape index (κ3) is 2.82. The van der Waals surface area contributed by atoms with Crippen LogP contribution < -0.4 is 11.3 Å². The number of nitrogens with one attached hydrogen (secondary N) is 1. The third-order valence-corrected chi connectivity index (χ3v) is 5.06. The van der Waals surface area contributed by atoms with Crippen molar-refractivity contribution in [1.82, 2.24) is 4.31 Å². The summed E-state index contributed by atoms with van der Waals surface area (Å²) < 4.78 is 25.7. The van der Waals surface area contributed by atoms with Gasteiger partial charge in [0, 0.05) is 25.2 Å². The van der Waals surface area contributed by atoms with Crippen molar-refractivity contribution in [1.29, 1.82) is 0 Å². The number of benzene rings is 1. The van der Waals surface area contributed by atoms with Crippen molar-refractivity contribution < 1.29 is 23.6 Å². The second kappa shape index (κ2) is 5.54. The highest BCUT2D eigenvalue weighted by Crippen LogP contribution is 2.30. The molecule has 0 spiro atoms. The second-order valence-corrected chi connectivity index (χ2v) is 6.44. The Morgan fingerprint density at radius 1 is 1.33 bits per heavy atom. The molecule has 0 aliphatic carbocycles. The molecule has 1 aliphatic rings. The highest BCUT2D eigenvalue weighted by Gasteiger charge is 2.38. The molecule has 0 bridgehead atoms. The molecule has 5 N–H and O–H groups in total. The van der Waals surface area contributed by atoms with E-state index in [0.717, 1.165) is 22.5 Å². The van der Waals surface area contributed by atoms with Crippen LogP contribution in [0.4, 0.5) is 11.4 Å². The van der Waals surface area contributed by atoms with Crippen molar-refractivity contribution in [3.63, 3.8) is 0 Å². The molecule has 1 aromatic rings. The van der Waals surface area contributed by atoms with Crippen LogP contribution in [0.5, 0.6) is 0 Å². The zero-order valence-corrected chi connectivity index (χ0v) is 11.5. The lowest BCUT2D eigenvalue weighted by molar-refractivity contribution is -0.384. The Labute approximate surface area is 120 Å². The van der Waals surface area contributed by atoms with Crippen LogP contribution in [0.1, 0.15) is 0 Å². The average molecular weight is 318 g/mol. The monoisotopic (exact) mass is 318 g/mol. The van der Waals surface area contributed by atoms with E-state index in [-0.39, 0.29) is 29.4 Å². The van der Waals surface area contributed by atoms with Crippen LogP contribution >= 0.6 is 0 Å². The fourth-order valence-corrected chi connectivity index (χ4v) is 3.65. The van der Waals surface area contributed by atoms with E-state index in [4.69, 9.17) is 5.84 Å². The first-order valence-electron chi connectivity index (χ1n) is 5.88. The summed E-state index contributed by atoms with van der Waals surface area (Å²) >= 11 is 0. The molecule has 1 heterocycles. The molecule has 1 saturated heterocycles. The standard InChI is InChI=1S/C10H14N4O6S/c11-12-7-3-6(14(17)18)1-2-10(7)21(19,20)13-4-8(15)9(16)5-13/h1-3,8-9,12,15-16H,4-5,11H2. The SMILES string of the molecule is NNc1cc([N+](=O)[O-])ccc1S(=O)(=O)N1CC(O)C(O)C1. The maximum Gasteiger partial charge on any atom is 0.271 e. The number of aliphatic hydroxyl groups excluding tert-OH is 2. The van der Waals surface area contributed by atoms with Gasteiger partial charge in [-0.2, -0.15) is 4.31 Å². The van der Waals surface area contributed by atoms with Gasteiger partial charge in [0.2, 0.25) is 10.0 Å². The van der Waals surface area contributed by atoms with Gasteiger partial charge in [-0.15, -0.1) is 0 Å². The molecular formula is C10H14N4O6S. The molecule has 1 aromatic carbocycles. The second-order valence-electron chi connectivity index (χ2n) is 4.54. The maximum atomic E-state index is 12.4. The van der Waals surface area contributed by atoms with Gasteiger partial charge in [0.25, 0.3) is 5.69 Å². The predicted molar refractivity (Wildman–Crippen MR) is 71.7 cm³/mol. The summed E-state index contributed by atoms with van der Waals surface area (Å²) in [6.07, 6.45) is -2.35. The number of nitro groups is 1. The normalized spacial score (nSPS) is 23.2. The molecule has 21 heavy (non-hydrogen) atoms. The number of anilines is 1. The van der Waals surface area contributed by atoms with E-state index in [1.807, 2.05) is 0 Å². The van der Waals surface area contributed by atoms with E-state index in [1.54, 1.807) is 0 Å². The van der Waals surface area contributed by atoms with Crippen LogP contribution in [0, 0.1) is 10.1 Å². The number of hydrazine groups is 1. The average Bonchev–Trinajstić information content (AvgIpc) is 2.78. The summed E-state index contributed by atoms with van der Waals surface area (Å²) in [7, 11) is -4.04. The van der Waals surface area contributed by atoms with Crippen LogP contribution in [0.25, 0.3) is 0 Å². The fourth-order valence-electron chi connectivity index (χ4n) is 2.04. The van der Waals surface area contributed by atoms with Gasteiger partial charge in [-0.05, 0) is 6.07 Å². The summed E-state index contributed by atoms with van der Waals surface area (Å²) in [6, 6.07) is 3.09. The van der Waals surface area contributed by atoms with Crippen molar-refractivity contribution in [3.05, 3.63) is 28.3 Å². The van der Waals surface area contributed by atoms with Crippen LogP contribution in [-0.4, -0.2) is 53.2 Å². The molecule has 1 fully saturated rings. The number of hydrogen-bond acceptors (Lipinski definition) is 8. The lowest BCUT2D eigenvalue weighted by Crippen LogP contribution is -2.31. The van der Waals surface area contributed by atoms with Crippen LogP contribution in [0.2, 0.25) is 0 Å². The van der Waals surface area contributed by atoms with E-state index in [9.17, 15) is 28.7 Å². The third-order valence-electron chi connectivity index (χ3n) is 3.17. The van der Waals surface area contributed by atoms with Crippen molar-refractivity contribution in [2.24, 2.45) is 5.84 Å². The molecule has 11 heteroatoms. The molecule has 0 aromatic heterocycles. The zero-order chi connectivity index (χ0) is 15.8. The Hall–Kier alpha value is -1.79. The largest absolute Gasteiger partial charge is 0.389 e. The molecule has 1 aliphatic heterocycles. The van der Waals surface area contributed by atoms with Gasteiger partial charge in [0.05, 0.1) is 22.8 Å². The lowest BCUT2D eigenvalue weighted by atomic mass is 10.3. The lowest BCUT2D eigenvalue weighted by Gasteiger charge is -2.17. The summed E-state index contributed by atoms with van der Waals surface area (Å²) in [5.41, 5.74) is 1.65. The minimum absolute atomic E-state index is 0.139. The van der Waals surface area contributed by atoms with E-state index in [2.05, 4.69) is 5.43 Å². The number of hydrogen-bond donors (Lipinski definition) is 4. The van der Waals surface area contributed by atoms with Crippen LogP contribution in [-0.2, 0) is 10.0 Å². The Morgan fingerprint density at radius 2 is 1.90 bits per heavy atom. The van der Waals surface area contributed by atoms with Crippen LogP contribution in [0.15, 0.2) is 23.1 Å². The first-order chi connectivity index (χ1) is 9.77. The Kier molecular flexibility index (Phi) is 4.11. The van der Waals surface area contributed by atoms with Gasteiger partial charge in [-0.3, -0.25) is 16.0 Å². The predicted octanol–water partition coefficient (Wildman–Crippen LogP) is -1.39. The van der Waals surface area contributed by atoms with Crippen LogP contribution in [0.3, 0.4) is 0 Å². The Bertz CT molecular complexity index is 654. The van der Waals surface area contributed by atoms with Crippen molar-refractivity contribution in [2.45, 2.75) is 17.1 Å². The summed E-state index contributed by atoms with van der Waals surface area (Å²) in [5, 5.41) is 29.6. The van der Waals surface area contributed by atoms with E-state index in [0.29, 0.717) is 0 Å². The minimum atomic E-state index is -4.04. The first-order valence-corrected chi connectivity index (χ1v) is 7.32. The number of rotatable bonds is 4. The minimum Gasteiger partial charge on any atom is -0.389 e. The number of non-ortho nitro benzene ring substituents is 1. The number of sulfonamides is 1. The van der Waals surface area contributed by atoms with Gasteiger partial charge in [0.15, 0.2) is 0 Å². The number of β-amino-alcohol motifs (C(OH)–C–C–N with tert-alkyl or cyclic N) is 2. The smallest absolute Gasteiger partial charge is 0.271 e. The Morgan fingerprint density at radius 3 is 2.38 bits per heavy atom. The molecule has 10 nitrogen and oxygen atoms in total. The van der Waals surface area contributed by atoms with Crippen molar-refractivity contribution in [3.8, 4) is 0 Å². The molecule has 0 amide bonds. The van der Waals surface area contributed by atoms with Gasteiger partial charge in [-0.25, -0.2) is 8.42 Å². The summed E-state index contributed by atoms with van der Waals surface area (Å²) in [6.45, 7) is -0.519. The summed E-state index contributed by atoms with van der Waals surface area (Å²) in [5.74, 6) is 5.22.